The Kier molecular flexibility index (Phi) is 5.79. The van der Waals surface area contributed by atoms with Crippen molar-refractivity contribution in [1.82, 2.24) is 10.2 Å². The van der Waals surface area contributed by atoms with E-state index in [-0.39, 0.29) is 5.91 Å². The Morgan fingerprint density at radius 2 is 1.95 bits per heavy atom. The molecule has 0 unspecified atom stereocenters. The molecule has 1 aromatic carbocycles. The van der Waals surface area contributed by atoms with Crippen LogP contribution < -0.4 is 5.32 Å². The van der Waals surface area contributed by atoms with Gasteiger partial charge in [-0.3, -0.25) is 4.79 Å². The number of likely N-dealkylation sites (N-methyl/N-ethyl adjacent to an activating group) is 2. The molecule has 0 spiro atoms. The summed E-state index contributed by atoms with van der Waals surface area (Å²) in [5.74, 6) is 0.198. The van der Waals surface area contributed by atoms with E-state index in [1.54, 1.807) is 0 Å². The van der Waals surface area contributed by atoms with Crippen LogP contribution in [0.15, 0.2) is 28.7 Å². The van der Waals surface area contributed by atoms with Gasteiger partial charge in [-0.1, -0.05) is 28.1 Å². The molecule has 1 aliphatic heterocycles. The van der Waals surface area contributed by atoms with Crippen LogP contribution in [0.5, 0.6) is 0 Å². The van der Waals surface area contributed by atoms with Crippen LogP contribution in [0.2, 0.25) is 0 Å². The van der Waals surface area contributed by atoms with Gasteiger partial charge in [0, 0.05) is 37.8 Å². The number of amides is 1. The highest BCUT2D eigenvalue weighted by Gasteiger charge is 2.43. The van der Waals surface area contributed by atoms with E-state index in [1.165, 1.54) is 0 Å². The number of hydrogen-bond donors (Lipinski definition) is 1. The molecule has 0 radical (unpaired) electrons. The van der Waals surface area contributed by atoms with Crippen LogP contribution >= 0.6 is 15.9 Å². The van der Waals surface area contributed by atoms with Crippen LogP contribution in [0.4, 0.5) is 0 Å². The second-order valence-corrected chi connectivity index (χ2v) is 6.45. The average Bonchev–Trinajstić information content (AvgIpc) is 2.53. The molecule has 1 saturated heterocycles. The third kappa shape index (κ3) is 3.65. The van der Waals surface area contributed by atoms with E-state index in [4.69, 9.17) is 4.74 Å². The molecule has 1 heterocycles. The topological polar surface area (TPSA) is 41.6 Å². The molecule has 4 nitrogen and oxygen atoms in total. The maximum absolute atomic E-state index is 13.0. The van der Waals surface area contributed by atoms with Gasteiger partial charge in [-0.15, -0.1) is 0 Å². The molecular formula is C16H23BrN2O2. The largest absolute Gasteiger partial charge is 0.381 e. The highest BCUT2D eigenvalue weighted by molar-refractivity contribution is 9.10. The lowest BCUT2D eigenvalue weighted by molar-refractivity contribution is -0.140. The zero-order valence-electron chi connectivity index (χ0n) is 12.7. The molecule has 1 N–H and O–H groups in total. The van der Waals surface area contributed by atoms with Crippen molar-refractivity contribution in [2.45, 2.75) is 18.3 Å². The van der Waals surface area contributed by atoms with E-state index >= 15 is 0 Å². The van der Waals surface area contributed by atoms with Gasteiger partial charge >= 0.3 is 0 Å². The summed E-state index contributed by atoms with van der Waals surface area (Å²) in [6, 6.07) is 8.12. The fraction of sp³-hybridized carbons (Fsp3) is 0.562. The molecule has 0 atom stereocenters. The van der Waals surface area contributed by atoms with E-state index in [9.17, 15) is 4.79 Å². The van der Waals surface area contributed by atoms with Crippen molar-refractivity contribution in [3.05, 3.63) is 34.3 Å². The minimum absolute atomic E-state index is 0.198. The highest BCUT2D eigenvalue weighted by atomic mass is 79.9. The summed E-state index contributed by atoms with van der Waals surface area (Å²) >= 11 is 3.46. The SMILES string of the molecule is CNCCN(C)C(=O)C1(c2ccc(Br)cc2)CCOCC1. The fourth-order valence-corrected chi connectivity index (χ4v) is 3.13. The van der Waals surface area contributed by atoms with E-state index < -0.39 is 5.41 Å². The number of ether oxygens (including phenoxy) is 1. The molecule has 2 rings (SSSR count). The second-order valence-electron chi connectivity index (χ2n) is 5.53. The molecule has 0 saturated carbocycles. The van der Waals surface area contributed by atoms with Crippen molar-refractivity contribution in [3.8, 4) is 0 Å². The zero-order chi connectivity index (χ0) is 15.3. The molecule has 0 aliphatic carbocycles. The minimum Gasteiger partial charge on any atom is -0.381 e. The van der Waals surface area contributed by atoms with Crippen LogP contribution in [0.25, 0.3) is 0 Å². The van der Waals surface area contributed by atoms with Crippen molar-refractivity contribution in [3.63, 3.8) is 0 Å². The van der Waals surface area contributed by atoms with Crippen molar-refractivity contribution < 1.29 is 9.53 Å². The molecule has 21 heavy (non-hydrogen) atoms. The molecule has 1 aromatic rings. The summed E-state index contributed by atoms with van der Waals surface area (Å²) in [6.45, 7) is 2.80. The number of hydrogen-bond acceptors (Lipinski definition) is 3. The first-order valence-electron chi connectivity index (χ1n) is 7.34. The van der Waals surface area contributed by atoms with Crippen molar-refractivity contribution in [2.75, 3.05) is 40.4 Å². The van der Waals surface area contributed by atoms with Gasteiger partial charge in [0.25, 0.3) is 0 Å². The number of carbonyl (C=O) groups is 1. The van der Waals surface area contributed by atoms with E-state index in [1.807, 2.05) is 31.1 Å². The van der Waals surface area contributed by atoms with Crippen LogP contribution in [0, 0.1) is 0 Å². The Hall–Kier alpha value is -0.910. The maximum atomic E-state index is 13.0. The summed E-state index contributed by atoms with van der Waals surface area (Å²) < 4.78 is 6.52. The summed E-state index contributed by atoms with van der Waals surface area (Å²) in [5.41, 5.74) is 0.650. The number of halogens is 1. The summed E-state index contributed by atoms with van der Waals surface area (Å²) in [5, 5.41) is 3.09. The standard InChI is InChI=1S/C16H23BrN2O2/c1-18-9-10-19(2)15(20)16(7-11-21-12-8-16)13-3-5-14(17)6-4-13/h3-6,18H,7-12H2,1-2H3. The van der Waals surface area contributed by atoms with Crippen LogP contribution in [0.3, 0.4) is 0 Å². The number of benzene rings is 1. The molecule has 1 fully saturated rings. The Labute approximate surface area is 135 Å². The molecule has 116 valence electrons. The quantitative estimate of drug-likeness (QED) is 0.880. The smallest absolute Gasteiger partial charge is 0.233 e. The fourth-order valence-electron chi connectivity index (χ4n) is 2.86. The Balaban J connectivity index is 2.28. The van der Waals surface area contributed by atoms with Crippen molar-refractivity contribution >= 4 is 21.8 Å². The molecular weight excluding hydrogens is 332 g/mol. The summed E-state index contributed by atoms with van der Waals surface area (Å²) in [4.78, 5) is 14.9. The first-order chi connectivity index (χ1) is 10.1. The van der Waals surface area contributed by atoms with E-state index in [2.05, 4.69) is 33.4 Å². The van der Waals surface area contributed by atoms with Crippen molar-refractivity contribution in [2.24, 2.45) is 0 Å². The molecule has 0 aromatic heterocycles. The molecule has 0 bridgehead atoms. The first kappa shape index (κ1) is 16.5. The molecule has 1 amide bonds. The van der Waals surface area contributed by atoms with E-state index in [0.29, 0.717) is 19.8 Å². The van der Waals surface area contributed by atoms with Gasteiger partial charge in [0.2, 0.25) is 5.91 Å². The Morgan fingerprint density at radius 1 is 1.33 bits per heavy atom. The van der Waals surface area contributed by atoms with Crippen LogP contribution in [0.1, 0.15) is 18.4 Å². The number of nitrogens with zero attached hydrogens (tertiary/aromatic N) is 1. The summed E-state index contributed by atoms with van der Waals surface area (Å²) in [6.07, 6.45) is 1.49. The average molecular weight is 355 g/mol. The second kappa shape index (κ2) is 7.38. The van der Waals surface area contributed by atoms with E-state index in [0.717, 1.165) is 29.4 Å². The third-order valence-corrected chi connectivity index (χ3v) is 4.73. The van der Waals surface area contributed by atoms with Gasteiger partial charge in [-0.2, -0.15) is 0 Å². The van der Waals surface area contributed by atoms with Gasteiger partial charge < -0.3 is 15.0 Å². The normalized spacial score (nSPS) is 17.5. The van der Waals surface area contributed by atoms with Gasteiger partial charge in [0.1, 0.15) is 0 Å². The van der Waals surface area contributed by atoms with Gasteiger partial charge in [-0.25, -0.2) is 0 Å². The minimum atomic E-state index is -0.443. The first-order valence-corrected chi connectivity index (χ1v) is 8.13. The van der Waals surface area contributed by atoms with Gasteiger partial charge in [-0.05, 0) is 37.6 Å². The maximum Gasteiger partial charge on any atom is 0.233 e. The lowest BCUT2D eigenvalue weighted by atomic mass is 9.73. The predicted molar refractivity (Wildman–Crippen MR) is 87.4 cm³/mol. The molecule has 1 aliphatic rings. The number of carbonyl (C=O) groups excluding carboxylic acids is 1. The Bertz CT molecular complexity index is 470. The lowest BCUT2D eigenvalue weighted by Gasteiger charge is -2.39. The Morgan fingerprint density at radius 3 is 2.52 bits per heavy atom. The number of rotatable bonds is 5. The highest BCUT2D eigenvalue weighted by Crippen LogP contribution is 2.37. The monoisotopic (exact) mass is 354 g/mol. The van der Waals surface area contributed by atoms with Crippen LogP contribution in [-0.4, -0.2) is 51.2 Å². The van der Waals surface area contributed by atoms with Crippen molar-refractivity contribution in [1.29, 1.82) is 0 Å². The zero-order valence-corrected chi connectivity index (χ0v) is 14.3. The van der Waals surface area contributed by atoms with Gasteiger partial charge in [0.15, 0.2) is 0 Å². The van der Waals surface area contributed by atoms with Gasteiger partial charge in [0.05, 0.1) is 5.41 Å². The van der Waals surface area contributed by atoms with Crippen LogP contribution in [-0.2, 0) is 14.9 Å². The predicted octanol–water partition coefficient (Wildman–Crippen LogP) is 2.18. The molecule has 5 heteroatoms. The summed E-state index contributed by atoms with van der Waals surface area (Å²) in [7, 11) is 3.78. The number of nitrogens with one attached hydrogen (secondary N) is 1. The lowest BCUT2D eigenvalue weighted by Crippen LogP contribution is -2.49. The third-order valence-electron chi connectivity index (χ3n) is 4.20.